The number of hydrogen-bond donors (Lipinski definition) is 2. The van der Waals surface area contributed by atoms with Crippen LogP contribution < -0.4 is 10.0 Å². The van der Waals surface area contributed by atoms with Crippen LogP contribution in [0.15, 0.2) is 23.2 Å². The number of sulfonamides is 1. The Labute approximate surface area is 186 Å². The summed E-state index contributed by atoms with van der Waals surface area (Å²) in [7, 11) is -2.91. The summed E-state index contributed by atoms with van der Waals surface area (Å²) in [5.74, 6) is -0.620. The smallest absolute Gasteiger partial charge is 0.307 e. The molecule has 1 fully saturated rings. The lowest BCUT2D eigenvalue weighted by Gasteiger charge is -2.25. The SMILES string of the molecule is CC(C)c1cc(F)cc(C(C)C)c1NC(=O)NS(=O)(=O)c1cc([N+](=O)N2CCC2)n(C)n1. The van der Waals surface area contributed by atoms with Crippen LogP contribution in [0.5, 0.6) is 0 Å². The molecule has 1 saturated heterocycles. The molecule has 0 atom stereocenters. The van der Waals surface area contributed by atoms with E-state index < -0.39 is 26.9 Å². The normalized spacial score (nSPS) is 13.9. The van der Waals surface area contributed by atoms with Crippen LogP contribution in [0.2, 0.25) is 0 Å². The second kappa shape index (κ2) is 8.85. The Bertz CT molecular complexity index is 1130. The first kappa shape index (κ1) is 23.6. The van der Waals surface area contributed by atoms with Gasteiger partial charge in [-0.05, 0) is 46.4 Å². The largest absolute Gasteiger partial charge is 0.371 e. The Morgan fingerprint density at radius 1 is 1.12 bits per heavy atom. The van der Waals surface area contributed by atoms with E-state index in [2.05, 4.69) is 10.4 Å². The van der Waals surface area contributed by atoms with Gasteiger partial charge in [0.15, 0.2) is 0 Å². The van der Waals surface area contributed by atoms with Gasteiger partial charge in [0, 0.05) is 5.69 Å². The van der Waals surface area contributed by atoms with Gasteiger partial charge in [0.05, 0.1) is 24.0 Å². The number of urea groups is 1. The van der Waals surface area contributed by atoms with E-state index in [4.69, 9.17) is 0 Å². The van der Waals surface area contributed by atoms with Gasteiger partial charge in [0.2, 0.25) is 5.03 Å². The number of nitroso groups, excluding NO2 is 1. The molecule has 1 aliphatic rings. The fourth-order valence-electron chi connectivity index (χ4n) is 3.39. The summed E-state index contributed by atoms with van der Waals surface area (Å²) in [4.78, 5) is 25.5. The minimum Gasteiger partial charge on any atom is -0.307 e. The second-order valence-corrected chi connectivity index (χ2v) is 10.0. The van der Waals surface area contributed by atoms with Crippen molar-refractivity contribution in [2.24, 2.45) is 7.05 Å². The van der Waals surface area contributed by atoms with Crippen molar-refractivity contribution >= 4 is 27.6 Å². The van der Waals surface area contributed by atoms with Gasteiger partial charge in [-0.15, -0.1) is 4.68 Å². The van der Waals surface area contributed by atoms with Crippen LogP contribution in [0.1, 0.15) is 57.1 Å². The lowest BCUT2D eigenvalue weighted by atomic mass is 9.92. The zero-order valence-electron chi connectivity index (χ0n) is 18.7. The van der Waals surface area contributed by atoms with Crippen LogP contribution in [-0.4, -0.2) is 47.2 Å². The first-order chi connectivity index (χ1) is 14.9. The van der Waals surface area contributed by atoms with E-state index in [0.717, 1.165) is 17.2 Å². The highest BCUT2D eigenvalue weighted by Gasteiger charge is 2.33. The number of benzene rings is 1. The predicted molar refractivity (Wildman–Crippen MR) is 117 cm³/mol. The first-order valence-electron chi connectivity index (χ1n) is 10.3. The van der Waals surface area contributed by atoms with Crippen molar-refractivity contribution in [1.29, 1.82) is 0 Å². The summed E-state index contributed by atoms with van der Waals surface area (Å²) < 4.78 is 42.6. The number of hydrazine groups is 1. The van der Waals surface area contributed by atoms with E-state index in [-0.39, 0.29) is 17.7 Å². The summed E-state index contributed by atoms with van der Waals surface area (Å²) in [5, 5.41) is 7.48. The standard InChI is InChI=1S/C20H27FN6O4S/c1-12(2)15-9-14(21)10-16(13(3)4)19(15)22-20(28)24-32(30,31)17-11-18(25(5)23-17)27(29)26-7-6-8-26/h9-13H,6-8H2,1-5H3,(H-,22,24,28)/p+1. The molecule has 0 unspecified atom stereocenters. The number of nitrogens with one attached hydrogen (secondary N) is 2. The molecule has 2 heterocycles. The fraction of sp³-hybridized carbons (Fsp3) is 0.500. The topological polar surface area (TPSA) is 116 Å². The molecule has 174 valence electrons. The van der Waals surface area contributed by atoms with E-state index >= 15 is 0 Å². The van der Waals surface area contributed by atoms with Gasteiger partial charge < -0.3 is 5.32 Å². The summed E-state index contributed by atoms with van der Waals surface area (Å²) in [6.07, 6.45) is 0.879. The lowest BCUT2D eigenvalue weighted by Crippen LogP contribution is -2.42. The number of amides is 2. The zero-order valence-corrected chi connectivity index (χ0v) is 19.5. The molecule has 10 nitrogen and oxygen atoms in total. The Hall–Kier alpha value is -3.02. The molecule has 0 radical (unpaired) electrons. The molecule has 1 aromatic heterocycles. The van der Waals surface area contributed by atoms with Crippen LogP contribution in [-0.2, 0) is 17.1 Å². The van der Waals surface area contributed by atoms with Crippen LogP contribution >= 0.6 is 0 Å². The molecule has 0 spiro atoms. The third kappa shape index (κ3) is 4.74. The van der Waals surface area contributed by atoms with E-state index in [1.807, 2.05) is 32.4 Å². The van der Waals surface area contributed by atoms with Crippen molar-refractivity contribution in [3.63, 3.8) is 0 Å². The van der Waals surface area contributed by atoms with E-state index in [1.54, 1.807) is 0 Å². The monoisotopic (exact) mass is 467 g/mol. The third-order valence-corrected chi connectivity index (χ3v) is 6.47. The number of hydrogen-bond acceptors (Lipinski definition) is 5. The minimum atomic E-state index is -4.36. The number of aryl methyl sites for hydroxylation is 1. The summed E-state index contributed by atoms with van der Waals surface area (Å²) >= 11 is 0. The molecule has 0 bridgehead atoms. The van der Waals surface area contributed by atoms with Crippen molar-refractivity contribution in [1.82, 2.24) is 19.5 Å². The average Bonchev–Trinajstić information content (AvgIpc) is 3.03. The molecular weight excluding hydrogens is 439 g/mol. The van der Waals surface area contributed by atoms with Crippen LogP contribution in [0, 0.1) is 10.7 Å². The van der Waals surface area contributed by atoms with Gasteiger partial charge in [-0.25, -0.2) is 18.9 Å². The third-order valence-electron chi connectivity index (χ3n) is 5.27. The molecule has 1 aromatic carbocycles. The van der Waals surface area contributed by atoms with E-state index in [0.29, 0.717) is 34.8 Å². The van der Waals surface area contributed by atoms with Gasteiger partial charge in [-0.3, -0.25) is 0 Å². The number of carbonyl (C=O) groups is 1. The van der Waals surface area contributed by atoms with E-state index in [9.17, 15) is 22.5 Å². The maximum absolute atomic E-state index is 14.1. The molecule has 1 aliphatic heterocycles. The van der Waals surface area contributed by atoms with Gasteiger partial charge in [0.25, 0.3) is 10.0 Å². The number of carbonyl (C=O) groups excluding carboxylic acids is 1. The van der Waals surface area contributed by atoms with Crippen molar-refractivity contribution < 1.29 is 22.5 Å². The van der Waals surface area contributed by atoms with Gasteiger partial charge >= 0.3 is 11.8 Å². The van der Waals surface area contributed by atoms with E-state index in [1.165, 1.54) is 24.2 Å². The number of rotatable bonds is 7. The molecule has 2 aromatic rings. The average molecular weight is 468 g/mol. The fourth-order valence-corrected chi connectivity index (χ4v) is 4.28. The highest BCUT2D eigenvalue weighted by atomic mass is 32.2. The van der Waals surface area contributed by atoms with Crippen LogP contribution in [0.25, 0.3) is 0 Å². The van der Waals surface area contributed by atoms with Crippen LogP contribution in [0.3, 0.4) is 0 Å². The number of nitrogens with zero attached hydrogens (tertiary/aromatic N) is 4. The molecular formula is C20H28FN6O4S+. The quantitative estimate of drug-likeness (QED) is 0.603. The molecule has 0 aliphatic carbocycles. The second-order valence-electron chi connectivity index (χ2n) is 8.37. The Morgan fingerprint density at radius 3 is 2.16 bits per heavy atom. The maximum Gasteiger partial charge on any atom is 0.371 e. The van der Waals surface area contributed by atoms with Gasteiger partial charge in [-0.1, -0.05) is 32.8 Å². The number of anilines is 1. The minimum absolute atomic E-state index is 0.0354. The van der Waals surface area contributed by atoms with Crippen molar-refractivity contribution in [3.8, 4) is 0 Å². The summed E-state index contributed by atoms with van der Waals surface area (Å²) in [6.45, 7) is 8.54. The molecule has 2 amide bonds. The molecule has 2 N–H and O–H groups in total. The highest BCUT2D eigenvalue weighted by molar-refractivity contribution is 7.90. The Balaban J connectivity index is 1.84. The van der Waals surface area contributed by atoms with Crippen molar-refractivity contribution in [2.45, 2.75) is 51.0 Å². The first-order valence-corrected chi connectivity index (χ1v) is 11.8. The number of halogens is 1. The molecule has 12 heteroatoms. The van der Waals surface area contributed by atoms with Crippen LogP contribution in [0.4, 0.5) is 20.7 Å². The lowest BCUT2D eigenvalue weighted by molar-refractivity contribution is -0.659. The Morgan fingerprint density at radius 2 is 1.69 bits per heavy atom. The molecule has 0 saturated carbocycles. The van der Waals surface area contributed by atoms with Crippen molar-refractivity contribution in [3.05, 3.63) is 40.1 Å². The molecule has 32 heavy (non-hydrogen) atoms. The Kier molecular flexibility index (Phi) is 6.54. The zero-order chi connectivity index (χ0) is 23.8. The molecule has 3 rings (SSSR count). The highest BCUT2D eigenvalue weighted by Crippen LogP contribution is 2.33. The summed E-state index contributed by atoms with van der Waals surface area (Å²) in [5.41, 5.74) is 1.48. The van der Waals surface area contributed by atoms with Gasteiger partial charge in [-0.2, -0.15) is 8.42 Å². The predicted octanol–water partition coefficient (Wildman–Crippen LogP) is 3.35. The maximum atomic E-state index is 14.1. The summed E-state index contributed by atoms with van der Waals surface area (Å²) in [6, 6.07) is 2.75. The number of aromatic nitrogens is 2. The van der Waals surface area contributed by atoms with Gasteiger partial charge in [0.1, 0.15) is 12.9 Å². The van der Waals surface area contributed by atoms with Crippen molar-refractivity contribution in [2.75, 3.05) is 18.4 Å².